The van der Waals surface area contributed by atoms with Crippen LogP contribution in [0.25, 0.3) is 0 Å². The van der Waals surface area contributed by atoms with Crippen LogP contribution in [0.3, 0.4) is 0 Å². The van der Waals surface area contributed by atoms with Gasteiger partial charge in [-0.2, -0.15) is 8.42 Å². The third-order valence-electron chi connectivity index (χ3n) is 4.53. The molecule has 2 aromatic rings. The fraction of sp³-hybridized carbons (Fsp3) is 0.368. The molecule has 24 heavy (non-hydrogen) atoms. The largest absolute Gasteiger partial charge is 0.496 e. The van der Waals surface area contributed by atoms with Gasteiger partial charge in [0.2, 0.25) is 0 Å². The molecular formula is C19H22O4S. The Labute approximate surface area is 143 Å². The van der Waals surface area contributed by atoms with Crippen LogP contribution in [0.4, 0.5) is 0 Å². The third kappa shape index (κ3) is 3.62. The third-order valence-corrected chi connectivity index (χ3v) is 5.83. The van der Waals surface area contributed by atoms with Crippen molar-refractivity contribution in [3.63, 3.8) is 0 Å². The Hall–Kier alpha value is -1.85. The Morgan fingerprint density at radius 1 is 1.12 bits per heavy atom. The second-order valence-corrected chi connectivity index (χ2v) is 7.87. The summed E-state index contributed by atoms with van der Waals surface area (Å²) in [5, 5.41) is 0. The van der Waals surface area contributed by atoms with E-state index in [0.29, 0.717) is 0 Å². The maximum absolute atomic E-state index is 12.3. The lowest BCUT2D eigenvalue weighted by Gasteiger charge is -2.25. The lowest BCUT2D eigenvalue weighted by molar-refractivity contribution is 0.238. The summed E-state index contributed by atoms with van der Waals surface area (Å²) in [6.07, 6.45) is 2.60. The van der Waals surface area contributed by atoms with Crippen LogP contribution in [-0.2, 0) is 27.1 Å². The van der Waals surface area contributed by atoms with E-state index in [-0.39, 0.29) is 17.4 Å². The van der Waals surface area contributed by atoms with E-state index in [1.165, 1.54) is 11.1 Å². The highest BCUT2D eigenvalue weighted by molar-refractivity contribution is 7.86. The fourth-order valence-corrected chi connectivity index (χ4v) is 4.12. The molecule has 0 amide bonds. The van der Waals surface area contributed by atoms with E-state index in [4.69, 9.17) is 8.92 Å². The van der Waals surface area contributed by atoms with Crippen molar-refractivity contribution in [2.75, 3.05) is 13.7 Å². The first kappa shape index (κ1) is 17.0. The van der Waals surface area contributed by atoms with Crippen LogP contribution in [0, 0.1) is 12.8 Å². The van der Waals surface area contributed by atoms with E-state index < -0.39 is 10.1 Å². The summed E-state index contributed by atoms with van der Waals surface area (Å²) in [5.41, 5.74) is 3.48. The van der Waals surface area contributed by atoms with Crippen molar-refractivity contribution in [3.8, 4) is 5.75 Å². The zero-order valence-electron chi connectivity index (χ0n) is 14.0. The van der Waals surface area contributed by atoms with E-state index in [1.54, 1.807) is 31.4 Å². The van der Waals surface area contributed by atoms with Crippen LogP contribution in [0.1, 0.15) is 23.1 Å². The van der Waals surface area contributed by atoms with Gasteiger partial charge >= 0.3 is 0 Å². The van der Waals surface area contributed by atoms with Crippen molar-refractivity contribution in [2.24, 2.45) is 5.92 Å². The molecule has 5 heteroatoms. The van der Waals surface area contributed by atoms with Crippen molar-refractivity contribution in [3.05, 3.63) is 59.2 Å². The molecule has 0 radical (unpaired) electrons. The van der Waals surface area contributed by atoms with Crippen LogP contribution >= 0.6 is 0 Å². The van der Waals surface area contributed by atoms with E-state index in [2.05, 4.69) is 6.07 Å². The molecule has 0 aliphatic heterocycles. The van der Waals surface area contributed by atoms with Gasteiger partial charge in [-0.3, -0.25) is 4.18 Å². The average Bonchev–Trinajstić information content (AvgIpc) is 2.59. The Bertz CT molecular complexity index is 810. The van der Waals surface area contributed by atoms with Gasteiger partial charge in [-0.05, 0) is 61.4 Å². The summed E-state index contributed by atoms with van der Waals surface area (Å²) >= 11 is 0. The standard InChI is InChI=1S/C19H22O4S/c1-14-6-9-17(10-7-14)24(20,21)23-13-15-8-11-18-16(12-15)4-3-5-19(18)22-2/h3-7,9-10,15H,8,11-13H2,1-2H3. The highest BCUT2D eigenvalue weighted by atomic mass is 32.2. The second kappa shape index (κ2) is 6.95. The van der Waals surface area contributed by atoms with Crippen LogP contribution in [0.15, 0.2) is 47.4 Å². The molecule has 0 spiro atoms. The molecule has 128 valence electrons. The van der Waals surface area contributed by atoms with Crippen molar-refractivity contribution in [1.82, 2.24) is 0 Å². The van der Waals surface area contributed by atoms with Crippen molar-refractivity contribution < 1.29 is 17.3 Å². The summed E-state index contributed by atoms with van der Waals surface area (Å²) < 4.78 is 35.3. The van der Waals surface area contributed by atoms with Crippen molar-refractivity contribution >= 4 is 10.1 Å². The molecule has 1 aliphatic carbocycles. The first-order chi connectivity index (χ1) is 11.5. The number of benzene rings is 2. The van der Waals surface area contributed by atoms with Gasteiger partial charge in [0, 0.05) is 0 Å². The lowest BCUT2D eigenvalue weighted by atomic mass is 9.84. The fourth-order valence-electron chi connectivity index (χ4n) is 3.14. The topological polar surface area (TPSA) is 52.6 Å². The molecule has 3 rings (SSSR count). The number of methoxy groups -OCH3 is 1. The lowest BCUT2D eigenvalue weighted by Crippen LogP contribution is -2.21. The molecule has 0 N–H and O–H groups in total. The summed E-state index contributed by atoms with van der Waals surface area (Å²) in [5.74, 6) is 1.11. The molecule has 0 saturated carbocycles. The maximum atomic E-state index is 12.3. The normalized spacial score (nSPS) is 17.3. The smallest absolute Gasteiger partial charge is 0.296 e. The minimum atomic E-state index is -3.69. The van der Waals surface area contributed by atoms with E-state index in [0.717, 1.165) is 30.6 Å². The Morgan fingerprint density at radius 3 is 2.58 bits per heavy atom. The maximum Gasteiger partial charge on any atom is 0.296 e. The monoisotopic (exact) mass is 346 g/mol. The number of fused-ring (bicyclic) bond motifs is 1. The van der Waals surface area contributed by atoms with E-state index in [9.17, 15) is 8.42 Å². The van der Waals surface area contributed by atoms with E-state index >= 15 is 0 Å². The molecule has 1 unspecified atom stereocenters. The second-order valence-electron chi connectivity index (χ2n) is 6.26. The number of aryl methyl sites for hydroxylation is 1. The molecular weight excluding hydrogens is 324 g/mol. The molecule has 2 aromatic carbocycles. The zero-order valence-corrected chi connectivity index (χ0v) is 14.8. The van der Waals surface area contributed by atoms with Gasteiger partial charge < -0.3 is 4.74 Å². The SMILES string of the molecule is COc1cccc2c1CCC(COS(=O)(=O)c1ccc(C)cc1)C2. The number of ether oxygens (including phenoxy) is 1. The average molecular weight is 346 g/mol. The van der Waals surface area contributed by atoms with Gasteiger partial charge in [-0.25, -0.2) is 0 Å². The van der Waals surface area contributed by atoms with E-state index in [1.807, 2.05) is 19.1 Å². The minimum absolute atomic E-state index is 0.199. The predicted octanol–water partition coefficient (Wildman–Crippen LogP) is 3.51. The zero-order chi connectivity index (χ0) is 17.2. The minimum Gasteiger partial charge on any atom is -0.496 e. The van der Waals surface area contributed by atoms with Gasteiger partial charge in [0.1, 0.15) is 5.75 Å². The van der Waals surface area contributed by atoms with Gasteiger partial charge in [-0.15, -0.1) is 0 Å². The van der Waals surface area contributed by atoms with Gasteiger partial charge in [0.05, 0.1) is 18.6 Å². The first-order valence-corrected chi connectivity index (χ1v) is 9.51. The highest BCUT2D eigenvalue weighted by Gasteiger charge is 2.24. The van der Waals surface area contributed by atoms with Gasteiger partial charge in [-0.1, -0.05) is 29.8 Å². The van der Waals surface area contributed by atoms with Gasteiger partial charge in [0.25, 0.3) is 10.1 Å². The Kier molecular flexibility index (Phi) is 4.92. The Balaban J connectivity index is 1.66. The van der Waals surface area contributed by atoms with Crippen molar-refractivity contribution in [2.45, 2.75) is 31.1 Å². The number of rotatable bonds is 5. The number of hydrogen-bond acceptors (Lipinski definition) is 4. The molecule has 0 heterocycles. The van der Waals surface area contributed by atoms with Crippen LogP contribution in [0.5, 0.6) is 5.75 Å². The summed E-state index contributed by atoms with van der Waals surface area (Å²) in [6, 6.07) is 12.8. The van der Waals surface area contributed by atoms with Crippen LogP contribution < -0.4 is 4.74 Å². The first-order valence-electron chi connectivity index (χ1n) is 8.10. The van der Waals surface area contributed by atoms with Gasteiger partial charge in [0.15, 0.2) is 0 Å². The quantitative estimate of drug-likeness (QED) is 0.778. The summed E-state index contributed by atoms with van der Waals surface area (Å²) in [4.78, 5) is 0.214. The molecule has 0 bridgehead atoms. The van der Waals surface area contributed by atoms with Crippen LogP contribution in [-0.4, -0.2) is 22.1 Å². The summed E-state index contributed by atoms with van der Waals surface area (Å²) in [7, 11) is -2.01. The highest BCUT2D eigenvalue weighted by Crippen LogP contribution is 2.32. The molecule has 0 saturated heterocycles. The molecule has 0 aromatic heterocycles. The summed E-state index contributed by atoms with van der Waals surface area (Å²) in [6.45, 7) is 2.14. The molecule has 1 atom stereocenters. The number of hydrogen-bond donors (Lipinski definition) is 0. The Morgan fingerprint density at radius 2 is 1.88 bits per heavy atom. The molecule has 4 nitrogen and oxygen atoms in total. The molecule has 1 aliphatic rings. The van der Waals surface area contributed by atoms with Crippen LogP contribution in [0.2, 0.25) is 0 Å². The predicted molar refractivity (Wildman–Crippen MR) is 92.8 cm³/mol. The van der Waals surface area contributed by atoms with Crippen molar-refractivity contribution in [1.29, 1.82) is 0 Å². The molecule has 0 fully saturated rings.